The fourth-order valence-corrected chi connectivity index (χ4v) is 10.2. The van der Waals surface area contributed by atoms with Crippen LogP contribution < -0.4 is 24.3 Å². The Morgan fingerprint density at radius 1 is 1.04 bits per heavy atom. The smallest absolute Gasteiger partial charge is 0.329 e. The maximum Gasteiger partial charge on any atom is 0.329 e. The predicted octanol–water partition coefficient (Wildman–Crippen LogP) is 3.46. The van der Waals surface area contributed by atoms with Crippen molar-refractivity contribution in [1.29, 1.82) is 0 Å². The molecule has 0 spiro atoms. The molecular formula is C37H39N3O10S. The Bertz CT molecular complexity index is 1960. The number of hydrogen-bond donors (Lipinski definition) is 3. The lowest BCUT2D eigenvalue weighted by Gasteiger charge is -2.62. The normalized spacial score (nSPS) is 27.8. The van der Waals surface area contributed by atoms with Gasteiger partial charge in [-0.1, -0.05) is 24.3 Å². The number of nitrogens with zero attached hydrogens (tertiary/aromatic N) is 2. The molecule has 9 rings (SSSR count). The Labute approximate surface area is 298 Å². The predicted molar refractivity (Wildman–Crippen MR) is 184 cm³/mol. The number of aryl methyl sites for hydroxylation is 1. The summed E-state index contributed by atoms with van der Waals surface area (Å²) in [5.74, 6) is 0.0622. The van der Waals surface area contributed by atoms with Gasteiger partial charge in [0.1, 0.15) is 24.6 Å². The number of fused-ring (bicyclic) bond motifs is 10. The first kappa shape index (κ1) is 33.6. The summed E-state index contributed by atoms with van der Waals surface area (Å²) in [6.45, 7) is 4.73. The number of ether oxygens (including phenoxy) is 5. The summed E-state index contributed by atoms with van der Waals surface area (Å²) in [7, 11) is 3.46. The highest BCUT2D eigenvalue weighted by Crippen LogP contribution is 2.63. The summed E-state index contributed by atoms with van der Waals surface area (Å²) < 4.78 is 29.8. The third kappa shape index (κ3) is 5.13. The third-order valence-electron chi connectivity index (χ3n) is 10.8. The number of nitrogens with one attached hydrogen (secondary N) is 1. The number of piperazine rings is 1. The van der Waals surface area contributed by atoms with Crippen LogP contribution in [0.1, 0.15) is 68.0 Å². The van der Waals surface area contributed by atoms with Crippen molar-refractivity contribution in [2.24, 2.45) is 0 Å². The topological polar surface area (TPSA) is 156 Å². The van der Waals surface area contributed by atoms with Crippen molar-refractivity contribution in [3.05, 3.63) is 75.3 Å². The van der Waals surface area contributed by atoms with Crippen LogP contribution >= 0.6 is 11.8 Å². The van der Waals surface area contributed by atoms with Gasteiger partial charge in [-0.05, 0) is 50.6 Å². The summed E-state index contributed by atoms with van der Waals surface area (Å²) in [6.07, 6.45) is -0.599. The van der Waals surface area contributed by atoms with Crippen molar-refractivity contribution in [2.75, 3.05) is 33.3 Å². The Hall–Kier alpha value is -4.50. The van der Waals surface area contributed by atoms with Crippen LogP contribution in [0.2, 0.25) is 0 Å². The van der Waals surface area contributed by atoms with Crippen LogP contribution in [0.5, 0.6) is 28.7 Å². The molecule has 268 valence electrons. The number of rotatable bonds is 4. The van der Waals surface area contributed by atoms with Crippen molar-refractivity contribution in [1.82, 2.24) is 15.1 Å². The van der Waals surface area contributed by atoms with E-state index in [1.807, 2.05) is 24.9 Å². The molecule has 51 heavy (non-hydrogen) atoms. The molecule has 3 aromatic carbocycles. The molecule has 2 unspecified atom stereocenters. The average Bonchev–Trinajstić information content (AvgIpc) is 3.60. The summed E-state index contributed by atoms with van der Waals surface area (Å²) in [5.41, 5.74) is 4.58. The van der Waals surface area contributed by atoms with E-state index in [9.17, 15) is 24.6 Å². The summed E-state index contributed by atoms with van der Waals surface area (Å²) in [5, 5.41) is 26.5. The summed E-state index contributed by atoms with van der Waals surface area (Å²) >= 11 is 1.38. The van der Waals surface area contributed by atoms with Crippen molar-refractivity contribution in [2.45, 2.75) is 68.9 Å². The van der Waals surface area contributed by atoms with Gasteiger partial charge in [0.05, 0.1) is 30.5 Å². The minimum atomic E-state index is -1.04. The first-order chi connectivity index (χ1) is 24.5. The van der Waals surface area contributed by atoms with E-state index in [-0.39, 0.29) is 30.9 Å². The Morgan fingerprint density at radius 3 is 2.51 bits per heavy atom. The van der Waals surface area contributed by atoms with Crippen LogP contribution in [0.4, 0.5) is 0 Å². The van der Waals surface area contributed by atoms with E-state index in [0.29, 0.717) is 57.2 Å². The maximum atomic E-state index is 13.8. The Balaban J connectivity index is 1.35. The van der Waals surface area contributed by atoms with Crippen LogP contribution in [0.15, 0.2) is 36.4 Å². The van der Waals surface area contributed by atoms with Crippen LogP contribution in [0.3, 0.4) is 0 Å². The number of benzene rings is 3. The van der Waals surface area contributed by atoms with Crippen LogP contribution in [-0.2, 0) is 20.7 Å². The first-order valence-electron chi connectivity index (χ1n) is 16.9. The molecule has 0 aliphatic carbocycles. The SMILES string of the molecule is COc1c(C)cc2c(c1O)[C@@H]1C3[C@@H]4SCC(NC(=O)c5ccccc5)C(=O)OC[C@@H](c5c6c(c(C)c(OC(C)=O)c54)OCO6)N3[C@@H](O)[C@H](C2)N1C. The van der Waals surface area contributed by atoms with Gasteiger partial charge in [0.25, 0.3) is 5.91 Å². The number of phenolic OH excluding ortho intramolecular Hbond substituents is 1. The van der Waals surface area contributed by atoms with Gasteiger partial charge in [0.15, 0.2) is 23.0 Å². The van der Waals surface area contributed by atoms with Gasteiger partial charge in [-0.2, -0.15) is 0 Å². The molecule has 1 amide bonds. The number of methoxy groups -OCH3 is 1. The fourth-order valence-electron chi connectivity index (χ4n) is 8.71. The second-order valence-electron chi connectivity index (χ2n) is 13.6. The number of thioether (sulfide) groups is 1. The molecule has 0 saturated carbocycles. The number of phenols is 1. The van der Waals surface area contributed by atoms with Gasteiger partial charge >= 0.3 is 11.9 Å². The minimum Gasteiger partial charge on any atom is -0.504 e. The molecule has 0 aromatic heterocycles. The lowest BCUT2D eigenvalue weighted by Crippen LogP contribution is -2.69. The molecule has 7 atom stereocenters. The van der Waals surface area contributed by atoms with Gasteiger partial charge in [-0.15, -0.1) is 11.8 Å². The lowest BCUT2D eigenvalue weighted by molar-refractivity contribution is -0.184. The zero-order valence-electron chi connectivity index (χ0n) is 28.8. The molecule has 0 radical (unpaired) electrons. The molecule has 6 heterocycles. The minimum absolute atomic E-state index is 0.0267. The van der Waals surface area contributed by atoms with Gasteiger partial charge in [-0.3, -0.25) is 19.4 Å². The van der Waals surface area contributed by atoms with Crippen molar-refractivity contribution < 1.29 is 48.3 Å². The second kappa shape index (κ2) is 12.6. The molecule has 14 heteroatoms. The molecule has 2 saturated heterocycles. The highest BCUT2D eigenvalue weighted by Gasteiger charge is 2.60. The van der Waals surface area contributed by atoms with E-state index in [2.05, 4.69) is 10.2 Å². The number of aromatic hydroxyl groups is 1. The first-order valence-corrected chi connectivity index (χ1v) is 17.9. The number of carbonyl (C=O) groups excluding carboxylic acids is 3. The monoisotopic (exact) mass is 717 g/mol. The standard InChI is InChI=1S/C37H39N3O10S/c1-16-11-20-12-22-36(44)40-23-13-47-37(45)21(38-35(43)19-9-7-6-8-10-19)14-51-34(28(40)27(39(22)4)24(20)29(42)30(16)46-5)26-25(23)33-32(48-15-49-33)17(2)31(26)50-18(3)41/h6-11,21-23,27-28,34,36,42,44H,12-15H2,1-5H3,(H,38,43)/t21?,22-,23-,27+,28?,34+,36-/m0/s1. The van der Waals surface area contributed by atoms with E-state index in [1.165, 1.54) is 25.8 Å². The number of aliphatic hydroxyl groups excluding tert-OH is 1. The summed E-state index contributed by atoms with van der Waals surface area (Å²) in [6, 6.07) is 7.36. The van der Waals surface area contributed by atoms with E-state index < -0.39 is 53.5 Å². The number of hydrogen-bond acceptors (Lipinski definition) is 13. The number of aliphatic hydroxyl groups is 1. The largest absolute Gasteiger partial charge is 0.504 e. The van der Waals surface area contributed by atoms with Crippen LogP contribution in [-0.4, -0.2) is 95.5 Å². The van der Waals surface area contributed by atoms with E-state index in [0.717, 1.165) is 11.1 Å². The number of likely N-dealkylation sites (N-methyl/N-ethyl adjacent to an activating group) is 1. The van der Waals surface area contributed by atoms with Crippen molar-refractivity contribution >= 4 is 29.6 Å². The quantitative estimate of drug-likeness (QED) is 0.267. The highest BCUT2D eigenvalue weighted by atomic mass is 32.2. The van der Waals surface area contributed by atoms with Gasteiger partial charge in [-0.25, -0.2) is 4.79 Å². The summed E-state index contributed by atoms with van der Waals surface area (Å²) in [4.78, 5) is 43.9. The van der Waals surface area contributed by atoms with E-state index in [1.54, 1.807) is 37.3 Å². The van der Waals surface area contributed by atoms with Crippen molar-refractivity contribution in [3.63, 3.8) is 0 Å². The van der Waals surface area contributed by atoms with Gasteiger partial charge in [0, 0.05) is 46.5 Å². The number of carbonyl (C=O) groups is 3. The molecule has 13 nitrogen and oxygen atoms in total. The average molecular weight is 718 g/mol. The Morgan fingerprint density at radius 2 is 1.78 bits per heavy atom. The fraction of sp³-hybridized carbons (Fsp3) is 0.432. The number of amides is 1. The van der Waals surface area contributed by atoms with Gasteiger partial charge < -0.3 is 39.2 Å². The third-order valence-corrected chi connectivity index (χ3v) is 12.2. The maximum absolute atomic E-state index is 13.8. The molecule has 3 N–H and O–H groups in total. The highest BCUT2D eigenvalue weighted by molar-refractivity contribution is 7.99. The molecule has 6 aliphatic rings. The Kier molecular flexibility index (Phi) is 8.32. The second-order valence-corrected chi connectivity index (χ2v) is 14.8. The number of esters is 2. The van der Waals surface area contributed by atoms with Gasteiger partial charge in [0.2, 0.25) is 6.79 Å². The van der Waals surface area contributed by atoms with E-state index in [4.69, 9.17) is 23.7 Å². The lowest BCUT2D eigenvalue weighted by atomic mass is 9.73. The van der Waals surface area contributed by atoms with Crippen LogP contribution in [0.25, 0.3) is 0 Å². The van der Waals surface area contributed by atoms with Crippen molar-refractivity contribution in [3.8, 4) is 28.7 Å². The molecule has 2 fully saturated rings. The zero-order chi connectivity index (χ0) is 35.9. The molecule has 6 aliphatic heterocycles. The van der Waals surface area contributed by atoms with E-state index >= 15 is 0 Å². The molecule has 3 aromatic rings. The molecular weight excluding hydrogens is 678 g/mol. The zero-order valence-corrected chi connectivity index (χ0v) is 29.6. The molecule has 4 bridgehead atoms. The van der Waals surface area contributed by atoms with Crippen LogP contribution in [0, 0.1) is 13.8 Å².